The first-order valence-corrected chi connectivity index (χ1v) is 9.64. The van der Waals surface area contributed by atoms with Gasteiger partial charge in [0.25, 0.3) is 5.56 Å². The van der Waals surface area contributed by atoms with E-state index in [9.17, 15) is 9.59 Å². The van der Waals surface area contributed by atoms with Crippen LogP contribution in [0.3, 0.4) is 0 Å². The molecule has 3 heterocycles. The minimum Gasteiger partial charge on any atom is -0.369 e. The molecule has 0 aliphatic rings. The maximum atomic E-state index is 12.6. The van der Waals surface area contributed by atoms with Crippen LogP contribution in [0.25, 0.3) is 20.7 Å². The minimum atomic E-state index is -0.446. The number of hydrogen-bond acceptors (Lipinski definition) is 6. The lowest BCUT2D eigenvalue weighted by Crippen LogP contribution is -2.23. The van der Waals surface area contributed by atoms with Crippen LogP contribution in [-0.2, 0) is 11.2 Å². The van der Waals surface area contributed by atoms with Crippen LogP contribution in [0.2, 0.25) is 0 Å². The van der Waals surface area contributed by atoms with E-state index in [0.29, 0.717) is 15.4 Å². The standard InChI is InChI=1S/C15H15N3O2S3/c1-3-8-10(9-5-4-6-21-9)11-13(20)17-15(18-14(11)23-8)22-7(2)12(16)19/h4-7H,3H2,1-2H3,(H2,16,19)(H,17,18,20). The zero-order valence-electron chi connectivity index (χ0n) is 12.6. The van der Waals surface area contributed by atoms with Crippen molar-refractivity contribution < 1.29 is 4.79 Å². The Labute approximate surface area is 145 Å². The fourth-order valence-corrected chi connectivity index (χ4v) is 5.04. The number of carbonyl (C=O) groups is 1. The summed E-state index contributed by atoms with van der Waals surface area (Å²) < 4.78 is 0. The molecule has 5 nitrogen and oxygen atoms in total. The maximum absolute atomic E-state index is 12.6. The van der Waals surface area contributed by atoms with Gasteiger partial charge >= 0.3 is 0 Å². The SMILES string of the molecule is CCc1sc2nc(SC(C)C(N)=O)[nH]c(=O)c2c1-c1cccs1. The molecule has 3 aromatic rings. The second-order valence-electron chi connectivity index (χ2n) is 4.94. The van der Waals surface area contributed by atoms with Gasteiger partial charge in [-0.25, -0.2) is 4.98 Å². The molecule has 0 radical (unpaired) electrons. The van der Waals surface area contributed by atoms with Crippen LogP contribution in [-0.4, -0.2) is 21.1 Å². The average molecular weight is 366 g/mol. The summed E-state index contributed by atoms with van der Waals surface area (Å²) in [6, 6.07) is 3.99. The highest BCUT2D eigenvalue weighted by atomic mass is 32.2. The molecule has 0 saturated heterocycles. The molecule has 23 heavy (non-hydrogen) atoms. The topological polar surface area (TPSA) is 88.8 Å². The summed E-state index contributed by atoms with van der Waals surface area (Å²) >= 11 is 4.31. The summed E-state index contributed by atoms with van der Waals surface area (Å²) in [6.45, 7) is 3.76. The number of primary amides is 1. The number of amides is 1. The van der Waals surface area contributed by atoms with Gasteiger partial charge in [0.15, 0.2) is 5.16 Å². The summed E-state index contributed by atoms with van der Waals surface area (Å²) in [5, 5.41) is 2.61. The molecule has 0 fully saturated rings. The van der Waals surface area contributed by atoms with Crippen molar-refractivity contribution >= 4 is 50.6 Å². The first-order chi connectivity index (χ1) is 11.0. The molecule has 8 heteroatoms. The number of thiophene rings is 2. The summed E-state index contributed by atoms with van der Waals surface area (Å²) in [7, 11) is 0. The molecule has 1 unspecified atom stereocenters. The van der Waals surface area contributed by atoms with Gasteiger partial charge in [-0.3, -0.25) is 9.59 Å². The fraction of sp³-hybridized carbons (Fsp3) is 0.267. The Morgan fingerprint density at radius 1 is 1.52 bits per heavy atom. The van der Waals surface area contributed by atoms with E-state index < -0.39 is 11.2 Å². The predicted molar refractivity (Wildman–Crippen MR) is 97.4 cm³/mol. The number of aromatic amines is 1. The van der Waals surface area contributed by atoms with Crippen LogP contribution in [0.1, 0.15) is 18.7 Å². The highest BCUT2D eigenvalue weighted by molar-refractivity contribution is 8.00. The van der Waals surface area contributed by atoms with Crippen molar-refractivity contribution in [1.82, 2.24) is 9.97 Å². The average Bonchev–Trinajstić information content (AvgIpc) is 3.13. The Bertz CT molecular complexity index is 912. The quantitative estimate of drug-likeness (QED) is 0.536. The lowest BCUT2D eigenvalue weighted by molar-refractivity contribution is -0.117. The van der Waals surface area contributed by atoms with Crippen molar-refractivity contribution in [1.29, 1.82) is 0 Å². The van der Waals surface area contributed by atoms with Crippen LogP contribution in [0, 0.1) is 0 Å². The zero-order valence-corrected chi connectivity index (χ0v) is 15.0. The Morgan fingerprint density at radius 3 is 2.91 bits per heavy atom. The van der Waals surface area contributed by atoms with Gasteiger partial charge < -0.3 is 10.7 Å². The molecule has 3 aromatic heterocycles. The van der Waals surface area contributed by atoms with E-state index in [1.54, 1.807) is 18.3 Å². The van der Waals surface area contributed by atoms with E-state index in [0.717, 1.165) is 21.7 Å². The van der Waals surface area contributed by atoms with Gasteiger partial charge in [0.05, 0.1) is 10.6 Å². The largest absolute Gasteiger partial charge is 0.369 e. The molecule has 0 spiro atoms. The van der Waals surface area contributed by atoms with Gasteiger partial charge in [-0.1, -0.05) is 24.8 Å². The molecule has 120 valence electrons. The highest BCUT2D eigenvalue weighted by Crippen LogP contribution is 2.39. The number of thioether (sulfide) groups is 1. The Morgan fingerprint density at radius 2 is 2.30 bits per heavy atom. The van der Waals surface area contributed by atoms with E-state index in [-0.39, 0.29) is 5.56 Å². The number of H-pyrrole nitrogens is 1. The normalized spacial score (nSPS) is 12.6. The molecular formula is C15H15N3O2S3. The number of aromatic nitrogens is 2. The van der Waals surface area contributed by atoms with E-state index in [2.05, 4.69) is 16.9 Å². The second kappa shape index (κ2) is 6.46. The molecule has 0 aliphatic carbocycles. The van der Waals surface area contributed by atoms with Gasteiger partial charge in [0.2, 0.25) is 5.91 Å². The first-order valence-electron chi connectivity index (χ1n) is 7.06. The molecule has 0 aliphatic heterocycles. The lowest BCUT2D eigenvalue weighted by Gasteiger charge is -2.05. The van der Waals surface area contributed by atoms with E-state index >= 15 is 0 Å². The summed E-state index contributed by atoms with van der Waals surface area (Å²) in [5.74, 6) is -0.433. The molecule has 0 saturated carbocycles. The lowest BCUT2D eigenvalue weighted by atomic mass is 10.1. The first kappa shape index (κ1) is 16.2. The Kier molecular flexibility index (Phi) is 4.56. The van der Waals surface area contributed by atoms with E-state index in [1.165, 1.54) is 23.1 Å². The molecule has 3 rings (SSSR count). The minimum absolute atomic E-state index is 0.173. The van der Waals surface area contributed by atoms with Crippen LogP contribution in [0.15, 0.2) is 27.5 Å². The van der Waals surface area contributed by atoms with Crippen LogP contribution >= 0.6 is 34.4 Å². The number of fused-ring (bicyclic) bond motifs is 1. The van der Waals surface area contributed by atoms with Gasteiger partial charge in [-0.05, 0) is 24.8 Å². The summed E-state index contributed by atoms with van der Waals surface area (Å²) in [6.07, 6.45) is 0.841. The smallest absolute Gasteiger partial charge is 0.260 e. The molecule has 3 N–H and O–H groups in total. The van der Waals surface area contributed by atoms with Crippen molar-refractivity contribution in [3.8, 4) is 10.4 Å². The number of nitrogens with one attached hydrogen (secondary N) is 1. The highest BCUT2D eigenvalue weighted by Gasteiger charge is 2.20. The van der Waals surface area contributed by atoms with E-state index in [1.807, 2.05) is 17.5 Å². The van der Waals surface area contributed by atoms with Crippen molar-refractivity contribution in [3.63, 3.8) is 0 Å². The molecule has 0 aromatic carbocycles. The number of rotatable bonds is 5. The number of nitrogens with two attached hydrogens (primary N) is 1. The van der Waals surface area contributed by atoms with E-state index in [4.69, 9.17) is 5.73 Å². The monoisotopic (exact) mass is 365 g/mol. The molecule has 0 bridgehead atoms. The number of hydrogen-bond donors (Lipinski definition) is 2. The molecule has 1 atom stereocenters. The van der Waals surface area contributed by atoms with Crippen molar-refractivity contribution in [3.05, 3.63) is 32.7 Å². The zero-order chi connectivity index (χ0) is 16.6. The maximum Gasteiger partial charge on any atom is 0.260 e. The van der Waals surface area contributed by atoms with Crippen LogP contribution in [0.5, 0.6) is 0 Å². The molecular weight excluding hydrogens is 350 g/mol. The van der Waals surface area contributed by atoms with Crippen molar-refractivity contribution in [2.45, 2.75) is 30.7 Å². The fourth-order valence-electron chi connectivity index (χ4n) is 2.25. The van der Waals surface area contributed by atoms with Crippen molar-refractivity contribution in [2.75, 3.05) is 0 Å². The number of carbonyl (C=O) groups excluding carboxylic acids is 1. The third-order valence-electron chi connectivity index (χ3n) is 3.39. The van der Waals surface area contributed by atoms with Crippen LogP contribution in [0.4, 0.5) is 0 Å². The predicted octanol–water partition coefficient (Wildman–Crippen LogP) is 3.24. The summed E-state index contributed by atoms with van der Waals surface area (Å²) in [4.78, 5) is 34.0. The Balaban J connectivity index is 2.16. The third kappa shape index (κ3) is 3.06. The van der Waals surface area contributed by atoms with Gasteiger partial charge in [0.1, 0.15) is 4.83 Å². The number of nitrogens with zero attached hydrogens (tertiary/aromatic N) is 1. The molecule has 1 amide bonds. The third-order valence-corrected chi connectivity index (χ3v) is 6.51. The second-order valence-corrected chi connectivity index (χ2v) is 8.31. The van der Waals surface area contributed by atoms with Crippen LogP contribution < -0.4 is 11.3 Å². The van der Waals surface area contributed by atoms with Crippen molar-refractivity contribution in [2.24, 2.45) is 5.73 Å². The number of aryl methyl sites for hydroxylation is 1. The van der Waals surface area contributed by atoms with Gasteiger partial charge in [-0.2, -0.15) is 0 Å². The van der Waals surface area contributed by atoms with Gasteiger partial charge in [0, 0.05) is 15.3 Å². The summed E-state index contributed by atoms with van der Waals surface area (Å²) in [5.41, 5.74) is 6.08. The Hall–Kier alpha value is -1.64. The van der Waals surface area contributed by atoms with Gasteiger partial charge in [-0.15, -0.1) is 22.7 Å².